The number of rotatable bonds is 1. The quantitative estimate of drug-likeness (QED) is 0.624. The Kier molecular flexibility index (Phi) is 2.76. The Morgan fingerprint density at radius 2 is 1.90 bits per heavy atom. The van der Waals surface area contributed by atoms with Crippen LogP contribution in [0.1, 0.15) is 17.5 Å². The molecule has 1 aliphatic rings. The number of hydrogen-bond donors (Lipinski definition) is 2. The number of hydrogen-bond acceptors (Lipinski definition) is 3. The van der Waals surface area contributed by atoms with E-state index in [4.69, 9.17) is 0 Å². The molecule has 2 nitrogen and oxygen atoms in total. The van der Waals surface area contributed by atoms with Crippen LogP contribution in [0.5, 0.6) is 11.5 Å². The molecular weight excluding hydrogens is 280 g/mol. The number of phenols is 2. The van der Waals surface area contributed by atoms with Crippen LogP contribution in [0.15, 0.2) is 42.5 Å². The van der Waals surface area contributed by atoms with Crippen molar-refractivity contribution in [3.05, 3.63) is 53.6 Å². The molecule has 0 amide bonds. The highest BCUT2D eigenvalue weighted by atomic mass is 32.1. The van der Waals surface area contributed by atoms with Gasteiger partial charge in [0.05, 0.1) is 0 Å². The number of thiophene rings is 1. The summed E-state index contributed by atoms with van der Waals surface area (Å²) < 4.78 is 1.18. The van der Waals surface area contributed by atoms with Crippen LogP contribution in [0, 0.1) is 0 Å². The second kappa shape index (κ2) is 4.64. The minimum absolute atomic E-state index is 0.0214. The summed E-state index contributed by atoms with van der Waals surface area (Å²) in [5.41, 5.74) is 2.88. The second-order valence-electron chi connectivity index (χ2n) is 5.28. The molecule has 4 rings (SSSR count). The van der Waals surface area contributed by atoms with Gasteiger partial charge in [-0.25, -0.2) is 0 Å². The van der Waals surface area contributed by atoms with Gasteiger partial charge in [-0.15, -0.1) is 11.3 Å². The van der Waals surface area contributed by atoms with Crippen LogP contribution < -0.4 is 0 Å². The van der Waals surface area contributed by atoms with Gasteiger partial charge in [0, 0.05) is 15.1 Å². The Hall–Kier alpha value is -2.26. The zero-order chi connectivity index (χ0) is 14.4. The number of aryl methyl sites for hydroxylation is 1. The number of fused-ring (bicyclic) bond motifs is 2. The molecule has 1 heterocycles. The third kappa shape index (κ3) is 1.93. The first-order chi connectivity index (χ1) is 10.2. The van der Waals surface area contributed by atoms with Gasteiger partial charge in [-0.05, 0) is 47.6 Å². The predicted molar refractivity (Wildman–Crippen MR) is 87.9 cm³/mol. The summed E-state index contributed by atoms with van der Waals surface area (Å²) >= 11 is 1.64. The summed E-state index contributed by atoms with van der Waals surface area (Å²) in [5, 5.41) is 21.5. The van der Waals surface area contributed by atoms with Gasteiger partial charge in [0.25, 0.3) is 0 Å². The Morgan fingerprint density at radius 1 is 1.05 bits per heavy atom. The van der Waals surface area contributed by atoms with Gasteiger partial charge in [0.2, 0.25) is 0 Å². The summed E-state index contributed by atoms with van der Waals surface area (Å²) in [6.45, 7) is 0. The van der Waals surface area contributed by atoms with Gasteiger partial charge in [-0.3, -0.25) is 0 Å². The molecule has 2 N–H and O–H groups in total. The lowest BCUT2D eigenvalue weighted by atomic mass is 9.91. The lowest BCUT2D eigenvalue weighted by Crippen LogP contribution is -1.96. The monoisotopic (exact) mass is 294 g/mol. The van der Waals surface area contributed by atoms with E-state index in [9.17, 15) is 10.2 Å². The Bertz CT molecular complexity index is 841. The minimum Gasteiger partial charge on any atom is -0.504 e. The maximum absolute atomic E-state index is 10.4. The van der Waals surface area contributed by atoms with E-state index in [-0.39, 0.29) is 11.5 Å². The molecule has 0 unspecified atom stereocenters. The van der Waals surface area contributed by atoms with E-state index < -0.39 is 0 Å². The first-order valence-electron chi connectivity index (χ1n) is 6.97. The van der Waals surface area contributed by atoms with Gasteiger partial charge < -0.3 is 10.2 Å². The smallest absolute Gasteiger partial charge is 0.166 e. The fourth-order valence-corrected chi connectivity index (χ4v) is 4.04. The fourth-order valence-electron chi connectivity index (χ4n) is 2.92. The molecular formula is C18H14O2S. The van der Waals surface area contributed by atoms with E-state index in [1.807, 2.05) is 12.1 Å². The van der Waals surface area contributed by atoms with E-state index in [0.29, 0.717) is 0 Å². The molecule has 2 aromatic carbocycles. The van der Waals surface area contributed by atoms with E-state index >= 15 is 0 Å². The van der Waals surface area contributed by atoms with Gasteiger partial charge in [-0.1, -0.05) is 30.4 Å². The van der Waals surface area contributed by atoms with Crippen molar-refractivity contribution in [3.8, 4) is 21.9 Å². The molecule has 0 atom stereocenters. The highest BCUT2D eigenvalue weighted by Crippen LogP contribution is 2.46. The number of aromatic hydroxyl groups is 2. The van der Waals surface area contributed by atoms with Crippen molar-refractivity contribution in [2.24, 2.45) is 0 Å². The molecule has 3 aromatic rings. The van der Waals surface area contributed by atoms with Crippen molar-refractivity contribution in [2.75, 3.05) is 0 Å². The summed E-state index contributed by atoms with van der Waals surface area (Å²) in [4.78, 5) is 0.993. The van der Waals surface area contributed by atoms with Crippen molar-refractivity contribution >= 4 is 27.5 Å². The van der Waals surface area contributed by atoms with Crippen LogP contribution in [-0.2, 0) is 6.42 Å². The summed E-state index contributed by atoms with van der Waals surface area (Å²) in [6.07, 6.45) is 6.05. The molecule has 0 fully saturated rings. The van der Waals surface area contributed by atoms with E-state index in [1.54, 1.807) is 17.4 Å². The lowest BCUT2D eigenvalue weighted by molar-refractivity contribution is 0.404. The van der Waals surface area contributed by atoms with Crippen molar-refractivity contribution in [1.82, 2.24) is 0 Å². The molecule has 3 heteroatoms. The van der Waals surface area contributed by atoms with Crippen LogP contribution in [0.25, 0.3) is 26.6 Å². The molecule has 0 spiro atoms. The third-order valence-electron chi connectivity index (χ3n) is 3.94. The van der Waals surface area contributed by atoms with Crippen molar-refractivity contribution < 1.29 is 10.2 Å². The number of benzene rings is 2. The second-order valence-corrected chi connectivity index (χ2v) is 6.37. The van der Waals surface area contributed by atoms with Gasteiger partial charge >= 0.3 is 0 Å². The Balaban J connectivity index is 2.03. The standard InChI is InChI=1S/C18H14O2S/c19-14-9-11-5-1-3-7-13(11)17(18(14)20)16-10-12-6-2-4-8-15(12)21-16/h2-4,6-10,19-20H,1,5H2. The largest absolute Gasteiger partial charge is 0.504 e. The molecule has 0 aliphatic heterocycles. The molecule has 0 bridgehead atoms. The normalized spacial score (nSPS) is 13.5. The van der Waals surface area contributed by atoms with Crippen LogP contribution in [-0.4, -0.2) is 10.2 Å². The maximum atomic E-state index is 10.4. The number of phenolic OH excluding ortho intramolecular Hbond substituents is 2. The molecule has 1 aliphatic carbocycles. The first kappa shape index (κ1) is 12.5. The zero-order valence-corrected chi connectivity index (χ0v) is 12.2. The zero-order valence-electron chi connectivity index (χ0n) is 11.3. The molecule has 21 heavy (non-hydrogen) atoms. The minimum atomic E-state index is -0.0310. The molecule has 0 radical (unpaired) electrons. The average Bonchev–Trinajstić information content (AvgIpc) is 2.92. The van der Waals surface area contributed by atoms with Crippen LogP contribution in [0.2, 0.25) is 0 Å². The van der Waals surface area contributed by atoms with Crippen molar-refractivity contribution in [2.45, 2.75) is 12.8 Å². The average molecular weight is 294 g/mol. The Morgan fingerprint density at radius 3 is 2.76 bits per heavy atom. The SMILES string of the molecule is Oc1cc2c(c(-c3cc4ccccc4s3)c1O)C=CCC2. The summed E-state index contributed by atoms with van der Waals surface area (Å²) in [6, 6.07) is 11.9. The van der Waals surface area contributed by atoms with Crippen molar-refractivity contribution in [3.63, 3.8) is 0 Å². The highest BCUT2D eigenvalue weighted by molar-refractivity contribution is 7.22. The van der Waals surface area contributed by atoms with Crippen molar-refractivity contribution in [1.29, 1.82) is 0 Å². The fraction of sp³-hybridized carbons (Fsp3) is 0.111. The number of allylic oxidation sites excluding steroid dienone is 1. The Labute approximate surface area is 126 Å². The van der Waals surface area contributed by atoms with Crippen LogP contribution in [0.3, 0.4) is 0 Å². The molecule has 104 valence electrons. The van der Waals surface area contributed by atoms with Crippen LogP contribution >= 0.6 is 11.3 Å². The van der Waals surface area contributed by atoms with E-state index in [1.165, 1.54) is 4.70 Å². The van der Waals surface area contributed by atoms with Crippen LogP contribution in [0.4, 0.5) is 0 Å². The molecule has 1 aromatic heterocycles. The first-order valence-corrected chi connectivity index (χ1v) is 7.79. The summed E-state index contributed by atoms with van der Waals surface area (Å²) in [7, 11) is 0. The topological polar surface area (TPSA) is 40.5 Å². The van der Waals surface area contributed by atoms with Gasteiger partial charge in [0.15, 0.2) is 11.5 Å². The van der Waals surface area contributed by atoms with Gasteiger partial charge in [0.1, 0.15) is 0 Å². The predicted octanol–water partition coefficient (Wildman–Crippen LogP) is 4.94. The summed E-state index contributed by atoms with van der Waals surface area (Å²) in [5.74, 6) is -0.0524. The highest BCUT2D eigenvalue weighted by Gasteiger charge is 2.20. The van der Waals surface area contributed by atoms with E-state index in [2.05, 4.69) is 30.4 Å². The lowest BCUT2D eigenvalue weighted by Gasteiger charge is -2.16. The molecule has 0 saturated heterocycles. The molecule has 0 saturated carbocycles. The third-order valence-corrected chi connectivity index (χ3v) is 5.08. The van der Waals surface area contributed by atoms with Gasteiger partial charge in [-0.2, -0.15) is 0 Å². The van der Waals surface area contributed by atoms with E-state index in [0.717, 1.165) is 39.8 Å². The maximum Gasteiger partial charge on any atom is 0.166 e.